The van der Waals surface area contributed by atoms with Crippen LogP contribution in [0.15, 0.2) is 48.8 Å². The van der Waals surface area contributed by atoms with E-state index >= 15 is 0 Å². The minimum atomic E-state index is 0.120. The van der Waals surface area contributed by atoms with Gasteiger partial charge in [-0.15, -0.1) is 0 Å². The molecule has 0 radical (unpaired) electrons. The number of fused-ring (bicyclic) bond motifs is 1. The minimum Gasteiger partial charge on any atom is -0.338 e. The van der Waals surface area contributed by atoms with Gasteiger partial charge in [-0.05, 0) is 55.5 Å². The van der Waals surface area contributed by atoms with E-state index in [1.165, 1.54) is 0 Å². The maximum Gasteiger partial charge on any atom is 0.253 e. The summed E-state index contributed by atoms with van der Waals surface area (Å²) in [5, 5.41) is 8.04. The summed E-state index contributed by atoms with van der Waals surface area (Å²) in [4.78, 5) is 19.2. The fraction of sp³-hybridized carbons (Fsp3) is 0.316. The molecule has 1 aliphatic heterocycles. The number of likely N-dealkylation sites (tertiary alicyclic amines) is 1. The molecule has 1 aromatic carbocycles. The summed E-state index contributed by atoms with van der Waals surface area (Å²) in [6, 6.07) is 11.7. The number of pyridine rings is 1. The molecule has 1 atom stereocenters. The third-order valence-corrected chi connectivity index (χ3v) is 4.72. The Hall–Kier alpha value is -2.69. The maximum atomic E-state index is 12.9. The van der Waals surface area contributed by atoms with Gasteiger partial charge in [0, 0.05) is 42.1 Å². The van der Waals surface area contributed by atoms with E-state index < -0.39 is 0 Å². The predicted octanol–water partition coefficient (Wildman–Crippen LogP) is 3.05. The van der Waals surface area contributed by atoms with Crippen LogP contribution in [0.25, 0.3) is 10.9 Å². The second-order valence-corrected chi connectivity index (χ2v) is 6.46. The Morgan fingerprint density at radius 3 is 3.08 bits per heavy atom. The molecule has 1 N–H and O–H groups in total. The van der Waals surface area contributed by atoms with Gasteiger partial charge in [0.15, 0.2) is 0 Å². The summed E-state index contributed by atoms with van der Waals surface area (Å²) in [5.74, 6) is 0.611. The predicted molar refractivity (Wildman–Crippen MR) is 92.7 cm³/mol. The molecule has 4 rings (SSSR count). The third-order valence-electron chi connectivity index (χ3n) is 4.72. The number of rotatable bonds is 3. The topological polar surface area (TPSA) is 61.9 Å². The lowest BCUT2D eigenvalue weighted by Crippen LogP contribution is -2.40. The van der Waals surface area contributed by atoms with Crippen molar-refractivity contribution in [2.45, 2.75) is 19.3 Å². The van der Waals surface area contributed by atoms with Crippen molar-refractivity contribution in [1.82, 2.24) is 20.1 Å². The Morgan fingerprint density at radius 1 is 1.25 bits per heavy atom. The van der Waals surface area contributed by atoms with Gasteiger partial charge in [0.1, 0.15) is 0 Å². The number of nitrogens with one attached hydrogen (secondary N) is 1. The molecular weight excluding hydrogens is 300 g/mol. The number of carbonyl (C=O) groups excluding carboxylic acids is 1. The van der Waals surface area contributed by atoms with Gasteiger partial charge < -0.3 is 4.90 Å². The molecule has 0 unspecified atom stereocenters. The van der Waals surface area contributed by atoms with Crippen molar-refractivity contribution in [3.8, 4) is 0 Å². The lowest BCUT2D eigenvalue weighted by atomic mass is 9.93. The normalized spacial score (nSPS) is 18.0. The highest BCUT2D eigenvalue weighted by Crippen LogP contribution is 2.22. The molecule has 0 spiro atoms. The van der Waals surface area contributed by atoms with Gasteiger partial charge in [0.25, 0.3) is 5.91 Å². The first-order chi connectivity index (χ1) is 11.8. The summed E-state index contributed by atoms with van der Waals surface area (Å²) >= 11 is 0. The van der Waals surface area contributed by atoms with E-state index in [4.69, 9.17) is 0 Å². The number of H-pyrrole nitrogens is 1. The highest BCUT2D eigenvalue weighted by atomic mass is 16.2. The molecule has 1 fully saturated rings. The molecule has 5 heteroatoms. The number of carbonyl (C=O) groups is 1. The number of piperidine rings is 1. The molecule has 122 valence electrons. The number of amides is 1. The molecule has 0 bridgehead atoms. The Kier molecular flexibility index (Phi) is 3.99. The van der Waals surface area contributed by atoms with Crippen LogP contribution in [0.4, 0.5) is 0 Å². The van der Waals surface area contributed by atoms with E-state index in [9.17, 15) is 4.79 Å². The quantitative estimate of drug-likeness (QED) is 0.807. The maximum absolute atomic E-state index is 12.9. The first-order valence-corrected chi connectivity index (χ1v) is 8.42. The molecule has 0 saturated carbocycles. The molecule has 3 aromatic rings. The van der Waals surface area contributed by atoms with Crippen LogP contribution < -0.4 is 0 Å². The van der Waals surface area contributed by atoms with E-state index in [1.54, 1.807) is 12.4 Å². The molecule has 3 heterocycles. The van der Waals surface area contributed by atoms with Crippen molar-refractivity contribution in [3.63, 3.8) is 0 Å². The van der Waals surface area contributed by atoms with E-state index in [2.05, 4.69) is 15.2 Å². The number of aromatic nitrogens is 3. The average Bonchev–Trinajstić information content (AvgIpc) is 3.14. The van der Waals surface area contributed by atoms with Gasteiger partial charge in [0.2, 0.25) is 0 Å². The van der Waals surface area contributed by atoms with Crippen LogP contribution in [0.1, 0.15) is 28.9 Å². The van der Waals surface area contributed by atoms with Crippen molar-refractivity contribution in [2.75, 3.05) is 13.1 Å². The summed E-state index contributed by atoms with van der Waals surface area (Å²) < 4.78 is 0. The lowest BCUT2D eigenvalue weighted by Gasteiger charge is -2.32. The van der Waals surface area contributed by atoms with Gasteiger partial charge in [0.05, 0.1) is 5.52 Å². The largest absolute Gasteiger partial charge is 0.338 e. The number of aromatic amines is 1. The SMILES string of the molecule is O=C(c1ccc2ncccc2c1)N1CCC[C@@H](Cc2ccn[nH]2)C1. The Bertz CT molecular complexity index is 843. The van der Waals surface area contributed by atoms with Crippen LogP contribution in [0.2, 0.25) is 0 Å². The summed E-state index contributed by atoms with van der Waals surface area (Å²) in [5.41, 5.74) is 2.81. The molecule has 1 saturated heterocycles. The number of nitrogens with zero attached hydrogens (tertiary/aromatic N) is 3. The van der Waals surface area contributed by atoms with Gasteiger partial charge in [-0.25, -0.2) is 0 Å². The smallest absolute Gasteiger partial charge is 0.253 e. The van der Waals surface area contributed by atoms with Crippen molar-refractivity contribution in [2.24, 2.45) is 5.92 Å². The minimum absolute atomic E-state index is 0.120. The third kappa shape index (κ3) is 3.02. The molecule has 1 aliphatic rings. The second-order valence-electron chi connectivity index (χ2n) is 6.46. The fourth-order valence-corrected chi connectivity index (χ4v) is 3.52. The van der Waals surface area contributed by atoms with Crippen LogP contribution in [0.5, 0.6) is 0 Å². The van der Waals surface area contributed by atoms with E-state index in [-0.39, 0.29) is 5.91 Å². The van der Waals surface area contributed by atoms with E-state index in [1.807, 2.05) is 41.3 Å². The van der Waals surface area contributed by atoms with Gasteiger partial charge in [-0.1, -0.05) is 6.07 Å². The molecule has 2 aromatic heterocycles. The summed E-state index contributed by atoms with van der Waals surface area (Å²) in [6.07, 6.45) is 6.72. The Morgan fingerprint density at radius 2 is 2.21 bits per heavy atom. The van der Waals surface area contributed by atoms with Crippen molar-refractivity contribution in [3.05, 3.63) is 60.0 Å². The van der Waals surface area contributed by atoms with Crippen molar-refractivity contribution in [1.29, 1.82) is 0 Å². The number of hydrogen-bond donors (Lipinski definition) is 1. The van der Waals surface area contributed by atoms with Crippen molar-refractivity contribution >= 4 is 16.8 Å². The molecular formula is C19H20N4O. The van der Waals surface area contributed by atoms with Gasteiger partial charge in [-0.2, -0.15) is 5.10 Å². The van der Waals surface area contributed by atoms with Gasteiger partial charge in [-0.3, -0.25) is 14.9 Å². The molecule has 1 amide bonds. The Labute approximate surface area is 140 Å². The summed E-state index contributed by atoms with van der Waals surface area (Å²) in [7, 11) is 0. The van der Waals surface area contributed by atoms with Crippen molar-refractivity contribution < 1.29 is 4.79 Å². The lowest BCUT2D eigenvalue weighted by molar-refractivity contribution is 0.0673. The zero-order valence-corrected chi connectivity index (χ0v) is 13.5. The summed E-state index contributed by atoms with van der Waals surface area (Å²) in [6.45, 7) is 1.65. The fourth-order valence-electron chi connectivity index (χ4n) is 3.52. The Balaban J connectivity index is 1.50. The first-order valence-electron chi connectivity index (χ1n) is 8.42. The van der Waals surface area contributed by atoms with Crippen LogP contribution >= 0.6 is 0 Å². The van der Waals surface area contributed by atoms with Crippen LogP contribution in [-0.2, 0) is 6.42 Å². The second kappa shape index (κ2) is 6.43. The van der Waals surface area contributed by atoms with Crippen LogP contribution in [0, 0.1) is 5.92 Å². The van der Waals surface area contributed by atoms with E-state index in [0.717, 1.165) is 54.5 Å². The zero-order valence-electron chi connectivity index (χ0n) is 13.5. The molecule has 24 heavy (non-hydrogen) atoms. The first kappa shape index (κ1) is 14.9. The van der Waals surface area contributed by atoms with E-state index in [0.29, 0.717) is 5.92 Å². The van der Waals surface area contributed by atoms with Gasteiger partial charge >= 0.3 is 0 Å². The van der Waals surface area contributed by atoms with Crippen LogP contribution in [0.3, 0.4) is 0 Å². The van der Waals surface area contributed by atoms with Crippen LogP contribution in [-0.4, -0.2) is 39.1 Å². The number of hydrogen-bond acceptors (Lipinski definition) is 3. The zero-order chi connectivity index (χ0) is 16.4. The molecule has 5 nitrogen and oxygen atoms in total. The number of benzene rings is 1. The monoisotopic (exact) mass is 320 g/mol. The average molecular weight is 320 g/mol. The standard InChI is InChI=1S/C19H20N4O/c24-19(16-5-6-18-15(12-16)4-1-8-20-18)23-10-2-3-14(13-23)11-17-7-9-21-22-17/h1,4-9,12,14H,2-3,10-11,13H2,(H,21,22)/t14-/m0/s1. The highest BCUT2D eigenvalue weighted by Gasteiger charge is 2.25. The highest BCUT2D eigenvalue weighted by molar-refractivity contribution is 5.98. The molecule has 0 aliphatic carbocycles.